The molecule has 6 heteroatoms. The number of carbonyl (C=O) groups excluding carboxylic acids is 1. The van der Waals surface area contributed by atoms with Gasteiger partial charge in [-0.25, -0.2) is 9.97 Å². The summed E-state index contributed by atoms with van der Waals surface area (Å²) in [6, 6.07) is 8.54. The van der Waals surface area contributed by atoms with Crippen LogP contribution in [0.1, 0.15) is 40.4 Å². The summed E-state index contributed by atoms with van der Waals surface area (Å²) in [7, 11) is 0. The van der Waals surface area contributed by atoms with E-state index in [2.05, 4.69) is 57.4 Å². The molecule has 1 unspecified atom stereocenters. The Bertz CT molecular complexity index is 917. The van der Waals surface area contributed by atoms with Crippen LogP contribution in [0.4, 0.5) is 0 Å². The summed E-state index contributed by atoms with van der Waals surface area (Å²) in [4.78, 5) is 25.2. The van der Waals surface area contributed by atoms with Crippen molar-refractivity contribution in [1.29, 1.82) is 0 Å². The maximum Gasteiger partial charge on any atom is 0.286 e. The molecule has 3 aromatic rings. The number of aromatic nitrogens is 3. The summed E-state index contributed by atoms with van der Waals surface area (Å²) >= 11 is 0. The van der Waals surface area contributed by atoms with Crippen molar-refractivity contribution in [2.75, 3.05) is 6.54 Å². The Labute approximate surface area is 139 Å². The molecule has 3 N–H and O–H groups in total. The number of hydrogen-bond acceptors (Lipinski definition) is 4. The molecule has 121 valence electrons. The normalized spacial score (nSPS) is 16.0. The number of nitrogens with two attached hydrogens (primary N) is 1. The van der Waals surface area contributed by atoms with Crippen LogP contribution in [0, 0.1) is 6.20 Å². The molecule has 0 spiro atoms. The van der Waals surface area contributed by atoms with E-state index in [-0.39, 0.29) is 11.9 Å². The second-order valence-corrected chi connectivity index (χ2v) is 6.13. The molecule has 1 aromatic carbocycles. The van der Waals surface area contributed by atoms with Gasteiger partial charge in [0.15, 0.2) is 0 Å². The van der Waals surface area contributed by atoms with E-state index in [9.17, 15) is 4.79 Å². The molecule has 1 aliphatic rings. The Kier molecular flexibility index (Phi) is 3.54. The zero-order valence-corrected chi connectivity index (χ0v) is 13.4. The Morgan fingerprint density at radius 2 is 2.25 bits per heavy atom. The molecular weight excluding hydrogens is 302 g/mol. The highest BCUT2D eigenvalue weighted by Gasteiger charge is 2.25. The van der Waals surface area contributed by atoms with Crippen LogP contribution in [-0.2, 0) is 13.0 Å². The topological polar surface area (TPSA) is 87.9 Å². The molecule has 1 aliphatic heterocycles. The minimum atomic E-state index is -0.615. The molecule has 24 heavy (non-hydrogen) atoms. The molecule has 0 saturated carbocycles. The predicted molar refractivity (Wildman–Crippen MR) is 90.2 cm³/mol. The molecule has 1 atom stereocenters. The Morgan fingerprint density at radius 1 is 1.42 bits per heavy atom. The zero-order valence-electron chi connectivity index (χ0n) is 13.4. The first kappa shape index (κ1) is 14.8. The van der Waals surface area contributed by atoms with E-state index in [0.29, 0.717) is 6.54 Å². The van der Waals surface area contributed by atoms with Crippen molar-refractivity contribution >= 4 is 16.8 Å². The van der Waals surface area contributed by atoms with Gasteiger partial charge in [-0.3, -0.25) is 9.69 Å². The van der Waals surface area contributed by atoms with Gasteiger partial charge in [0.2, 0.25) is 5.82 Å². The number of nitrogens with one attached hydrogen (secondary N) is 1. The summed E-state index contributed by atoms with van der Waals surface area (Å²) in [5.74, 6) is -0.578. The molecule has 6 nitrogen and oxygen atoms in total. The number of primary amides is 1. The lowest BCUT2D eigenvalue weighted by Gasteiger charge is -2.32. The number of hydrogen-bond donors (Lipinski definition) is 2. The third-order valence-corrected chi connectivity index (χ3v) is 4.73. The van der Waals surface area contributed by atoms with Gasteiger partial charge >= 0.3 is 0 Å². The molecule has 0 saturated heterocycles. The van der Waals surface area contributed by atoms with Gasteiger partial charge in [-0.2, -0.15) is 0 Å². The quantitative estimate of drug-likeness (QED) is 0.772. The number of carbonyl (C=O) groups is 1. The van der Waals surface area contributed by atoms with Crippen molar-refractivity contribution in [2.24, 2.45) is 5.73 Å². The van der Waals surface area contributed by atoms with Crippen LogP contribution in [-0.4, -0.2) is 32.3 Å². The highest BCUT2D eigenvalue weighted by molar-refractivity contribution is 5.88. The predicted octanol–water partition coefficient (Wildman–Crippen LogP) is 1.98. The van der Waals surface area contributed by atoms with E-state index in [1.165, 1.54) is 10.9 Å². The first-order chi connectivity index (χ1) is 11.6. The van der Waals surface area contributed by atoms with Crippen LogP contribution in [0.15, 0.2) is 30.5 Å². The van der Waals surface area contributed by atoms with Crippen molar-refractivity contribution in [3.05, 3.63) is 59.3 Å². The lowest BCUT2D eigenvalue weighted by Crippen LogP contribution is -2.34. The fourth-order valence-electron chi connectivity index (χ4n) is 3.34. The second-order valence-electron chi connectivity index (χ2n) is 6.13. The van der Waals surface area contributed by atoms with E-state index in [1.54, 1.807) is 0 Å². The van der Waals surface area contributed by atoms with Gasteiger partial charge in [-0.15, -0.1) is 0 Å². The Morgan fingerprint density at radius 3 is 3.08 bits per heavy atom. The highest BCUT2D eigenvalue weighted by Crippen LogP contribution is 2.31. The molecule has 0 fully saturated rings. The second kappa shape index (κ2) is 5.72. The summed E-state index contributed by atoms with van der Waals surface area (Å²) < 4.78 is 0. The molecule has 0 aliphatic carbocycles. The first-order valence-corrected chi connectivity index (χ1v) is 8.01. The van der Waals surface area contributed by atoms with E-state index in [1.807, 2.05) is 6.07 Å². The zero-order chi connectivity index (χ0) is 16.7. The van der Waals surface area contributed by atoms with E-state index in [0.717, 1.165) is 29.7 Å². The lowest BCUT2D eigenvalue weighted by atomic mass is 10.0. The number of para-hydroxylation sites is 1. The fraction of sp³-hybridized carbons (Fsp3) is 0.278. The van der Waals surface area contributed by atoms with E-state index >= 15 is 0 Å². The number of amides is 1. The molecule has 0 bridgehead atoms. The number of benzene rings is 1. The Hall–Kier alpha value is -2.73. The summed E-state index contributed by atoms with van der Waals surface area (Å²) in [6.45, 7) is 3.76. The molecular formula is C18H18N5O. The maximum atomic E-state index is 11.3. The van der Waals surface area contributed by atoms with Gasteiger partial charge in [0.1, 0.15) is 0 Å². The number of nitrogens with zero attached hydrogens (tertiary/aromatic N) is 3. The van der Waals surface area contributed by atoms with Gasteiger partial charge < -0.3 is 10.7 Å². The third kappa shape index (κ3) is 2.45. The monoisotopic (exact) mass is 320 g/mol. The van der Waals surface area contributed by atoms with Crippen molar-refractivity contribution < 1.29 is 4.79 Å². The third-order valence-electron chi connectivity index (χ3n) is 4.73. The van der Waals surface area contributed by atoms with Crippen LogP contribution in [0.5, 0.6) is 0 Å². The van der Waals surface area contributed by atoms with Gasteiger partial charge in [-0.1, -0.05) is 18.2 Å². The van der Waals surface area contributed by atoms with Crippen LogP contribution in [0.25, 0.3) is 10.9 Å². The number of rotatable bonds is 3. The van der Waals surface area contributed by atoms with Gasteiger partial charge in [0.05, 0.1) is 11.9 Å². The fourth-order valence-corrected chi connectivity index (χ4v) is 3.34. The maximum absolute atomic E-state index is 11.3. The van der Waals surface area contributed by atoms with Crippen molar-refractivity contribution in [2.45, 2.75) is 25.9 Å². The Balaban J connectivity index is 1.64. The standard InChI is InChI=1S/C18H18N5O/c1-11(14-9-20-15-5-3-2-4-13(14)15)23-7-6-12-8-21-18(17(19)24)22-16(12)10-23/h2-5,9,11,20H,6-7,10H2,1H3,(H2,19,24). The summed E-state index contributed by atoms with van der Waals surface area (Å²) in [6.07, 6.45) is 5.81. The average molecular weight is 320 g/mol. The van der Waals surface area contributed by atoms with Crippen molar-refractivity contribution in [3.8, 4) is 0 Å². The SMILES string of the molecule is CC(c1c[nH]c2ccccc12)N1CCc2[c]nc(C(N)=O)nc2C1. The summed E-state index contributed by atoms with van der Waals surface area (Å²) in [5, 5.41) is 1.24. The highest BCUT2D eigenvalue weighted by atomic mass is 16.1. The van der Waals surface area contributed by atoms with Crippen LogP contribution >= 0.6 is 0 Å². The molecule has 3 heterocycles. The largest absolute Gasteiger partial charge is 0.363 e. The van der Waals surface area contributed by atoms with Gasteiger partial charge in [0, 0.05) is 41.8 Å². The number of H-pyrrole nitrogens is 1. The van der Waals surface area contributed by atoms with Gasteiger partial charge in [-0.05, 0) is 25.0 Å². The first-order valence-electron chi connectivity index (χ1n) is 8.01. The van der Waals surface area contributed by atoms with Gasteiger partial charge in [0.25, 0.3) is 5.91 Å². The molecule has 1 radical (unpaired) electrons. The minimum absolute atomic E-state index is 0.0374. The number of fused-ring (bicyclic) bond motifs is 2. The average Bonchev–Trinajstić information content (AvgIpc) is 3.04. The van der Waals surface area contributed by atoms with Crippen LogP contribution in [0.3, 0.4) is 0 Å². The van der Waals surface area contributed by atoms with Crippen molar-refractivity contribution in [1.82, 2.24) is 19.9 Å². The summed E-state index contributed by atoms with van der Waals surface area (Å²) in [5.41, 5.74) is 9.51. The van der Waals surface area contributed by atoms with Crippen LogP contribution < -0.4 is 5.73 Å². The van der Waals surface area contributed by atoms with Crippen molar-refractivity contribution in [3.63, 3.8) is 0 Å². The molecule has 4 rings (SSSR count). The lowest BCUT2D eigenvalue weighted by molar-refractivity contribution is 0.0989. The molecule has 2 aromatic heterocycles. The smallest absolute Gasteiger partial charge is 0.286 e. The number of aromatic amines is 1. The minimum Gasteiger partial charge on any atom is -0.363 e. The van der Waals surface area contributed by atoms with E-state index < -0.39 is 5.91 Å². The van der Waals surface area contributed by atoms with E-state index in [4.69, 9.17) is 5.73 Å². The molecule has 1 amide bonds. The van der Waals surface area contributed by atoms with Crippen LogP contribution in [0.2, 0.25) is 0 Å².